The highest BCUT2D eigenvalue weighted by atomic mass is 16.5. The van der Waals surface area contributed by atoms with Crippen LogP contribution in [0.5, 0.6) is 5.75 Å². The van der Waals surface area contributed by atoms with Crippen molar-refractivity contribution >= 4 is 11.9 Å². The van der Waals surface area contributed by atoms with E-state index in [1.165, 1.54) is 4.90 Å². The molecule has 2 N–H and O–H groups in total. The molecular weight excluding hydrogens is 482 g/mol. The minimum atomic E-state index is -1.06. The highest BCUT2D eigenvalue weighted by Crippen LogP contribution is 2.35. The number of rotatable bonds is 8. The maximum Gasteiger partial charge on any atom is 0.326 e. The second kappa shape index (κ2) is 11.8. The van der Waals surface area contributed by atoms with E-state index < -0.39 is 18.1 Å². The number of aliphatic carboxylic acids is 1. The molecule has 1 heterocycles. The average Bonchev–Trinajstić information content (AvgIpc) is 2.95. The van der Waals surface area contributed by atoms with Crippen molar-refractivity contribution in [1.82, 2.24) is 4.90 Å². The maximum absolute atomic E-state index is 14.0. The lowest BCUT2D eigenvalue weighted by Gasteiger charge is -2.38. The predicted octanol–water partition coefficient (Wildman–Crippen LogP) is 4.66. The Morgan fingerprint density at radius 1 is 0.895 bits per heavy atom. The molecule has 1 saturated carbocycles. The van der Waals surface area contributed by atoms with Crippen molar-refractivity contribution < 1.29 is 29.3 Å². The second-order valence-corrected chi connectivity index (χ2v) is 10.0. The number of carbonyl (C=O) groups is 2. The minimum absolute atomic E-state index is 0.151. The summed E-state index contributed by atoms with van der Waals surface area (Å²) in [7, 11) is 0. The number of hydrogen-bond acceptors (Lipinski definition) is 5. The van der Waals surface area contributed by atoms with E-state index >= 15 is 0 Å². The lowest BCUT2D eigenvalue weighted by molar-refractivity contribution is -0.161. The van der Waals surface area contributed by atoms with E-state index in [1.54, 1.807) is 0 Å². The molecule has 0 aromatic heterocycles. The van der Waals surface area contributed by atoms with Crippen molar-refractivity contribution in [2.24, 2.45) is 0 Å². The number of amides is 1. The first kappa shape index (κ1) is 25.9. The number of aliphatic hydroxyl groups is 1. The summed E-state index contributed by atoms with van der Waals surface area (Å²) in [6.45, 7) is 0.529. The van der Waals surface area contributed by atoms with Crippen molar-refractivity contribution in [2.75, 3.05) is 0 Å². The molecule has 3 aromatic rings. The fourth-order valence-electron chi connectivity index (χ4n) is 5.34. The summed E-state index contributed by atoms with van der Waals surface area (Å²) in [4.78, 5) is 27.9. The topological polar surface area (TPSA) is 96.3 Å². The van der Waals surface area contributed by atoms with E-state index in [1.807, 2.05) is 78.9 Å². The Kier molecular flexibility index (Phi) is 8.05. The molecule has 1 fully saturated rings. The molecule has 0 unspecified atom stereocenters. The molecule has 0 saturated heterocycles. The molecule has 1 aliphatic carbocycles. The first-order valence-corrected chi connectivity index (χ1v) is 13.2. The van der Waals surface area contributed by atoms with Gasteiger partial charge in [-0.1, -0.05) is 72.8 Å². The summed E-state index contributed by atoms with van der Waals surface area (Å²) in [5.74, 6) is -0.785. The van der Waals surface area contributed by atoms with E-state index in [-0.39, 0.29) is 31.1 Å². The number of fused-ring (bicyclic) bond motifs is 1. The van der Waals surface area contributed by atoms with E-state index in [2.05, 4.69) is 0 Å². The Morgan fingerprint density at radius 3 is 2.26 bits per heavy atom. The number of aliphatic hydroxyl groups excluding tert-OH is 1. The fourth-order valence-corrected chi connectivity index (χ4v) is 5.34. The number of carboxylic acid groups (broad SMARTS) is 1. The van der Waals surface area contributed by atoms with Crippen molar-refractivity contribution in [3.63, 3.8) is 0 Å². The van der Waals surface area contributed by atoms with E-state index in [4.69, 9.17) is 9.47 Å². The highest BCUT2D eigenvalue weighted by molar-refractivity contribution is 5.88. The van der Waals surface area contributed by atoms with Crippen LogP contribution in [-0.2, 0) is 33.9 Å². The summed E-state index contributed by atoms with van der Waals surface area (Å²) in [5.41, 5.74) is 3.40. The van der Waals surface area contributed by atoms with Crippen LogP contribution in [0, 0.1) is 0 Å². The Bertz CT molecular complexity index is 1240. The van der Waals surface area contributed by atoms with Gasteiger partial charge in [0.15, 0.2) is 6.10 Å². The number of carboxylic acids is 1. The van der Waals surface area contributed by atoms with E-state index in [0.717, 1.165) is 16.7 Å². The van der Waals surface area contributed by atoms with Gasteiger partial charge in [-0.25, -0.2) is 4.79 Å². The van der Waals surface area contributed by atoms with Gasteiger partial charge in [-0.05, 0) is 48.4 Å². The maximum atomic E-state index is 14.0. The SMILES string of the molecule is O=C(O)[C@H]1Cc2c(cccc2OCc2ccccc2)CN1C(=O)[C@@H](O[C@H]1CC[C@@H](O)CC1)c1ccccc1. The number of ether oxygens (including phenoxy) is 2. The fraction of sp³-hybridized carbons (Fsp3) is 0.355. The predicted molar refractivity (Wildman–Crippen MR) is 141 cm³/mol. The Balaban J connectivity index is 1.40. The molecule has 38 heavy (non-hydrogen) atoms. The Labute approximate surface area is 222 Å². The van der Waals surface area contributed by atoms with Gasteiger partial charge in [-0.3, -0.25) is 4.79 Å². The first-order chi connectivity index (χ1) is 18.5. The van der Waals surface area contributed by atoms with Gasteiger partial charge < -0.3 is 24.6 Å². The van der Waals surface area contributed by atoms with Gasteiger partial charge in [0.2, 0.25) is 0 Å². The van der Waals surface area contributed by atoms with Crippen LogP contribution < -0.4 is 4.74 Å². The molecule has 5 rings (SSSR count). The Morgan fingerprint density at radius 2 is 1.58 bits per heavy atom. The summed E-state index contributed by atoms with van der Waals surface area (Å²) in [6.07, 6.45) is 1.29. The van der Waals surface area contributed by atoms with Crippen molar-refractivity contribution in [2.45, 2.75) is 69.6 Å². The second-order valence-electron chi connectivity index (χ2n) is 10.0. The average molecular weight is 516 g/mol. The number of nitrogens with zero attached hydrogens (tertiary/aromatic N) is 1. The van der Waals surface area contributed by atoms with Gasteiger partial charge in [0.1, 0.15) is 18.4 Å². The molecule has 7 nitrogen and oxygen atoms in total. The summed E-state index contributed by atoms with van der Waals surface area (Å²) < 4.78 is 12.4. The monoisotopic (exact) mass is 515 g/mol. The standard InChI is InChI=1S/C31H33NO6/c33-24-14-16-25(17-15-24)38-29(22-10-5-2-6-11-22)30(34)32-19-23-12-7-13-28(26(23)18-27(32)31(35)36)37-20-21-8-3-1-4-9-21/h1-13,24-25,27,29,33H,14-20H2,(H,35,36)/t24-,25+,27-,29+/m1/s1. The number of carbonyl (C=O) groups excluding carboxylic acids is 1. The molecule has 3 aromatic carbocycles. The van der Waals surface area contributed by atoms with Gasteiger partial charge in [-0.15, -0.1) is 0 Å². The Hall–Kier alpha value is -3.68. The smallest absolute Gasteiger partial charge is 0.326 e. The van der Waals surface area contributed by atoms with Crippen molar-refractivity contribution in [3.05, 3.63) is 101 Å². The number of benzene rings is 3. The lowest BCUT2D eigenvalue weighted by atomic mass is 9.91. The molecule has 1 amide bonds. The third kappa shape index (κ3) is 5.90. The van der Waals surface area contributed by atoms with Gasteiger partial charge in [0.05, 0.1) is 12.2 Å². The molecule has 7 heteroatoms. The molecule has 2 atom stereocenters. The summed E-state index contributed by atoms with van der Waals surface area (Å²) in [6, 6.07) is 23.6. The van der Waals surface area contributed by atoms with Crippen molar-refractivity contribution in [1.29, 1.82) is 0 Å². The van der Waals surface area contributed by atoms with Crippen molar-refractivity contribution in [3.8, 4) is 5.75 Å². The quantitative estimate of drug-likeness (QED) is 0.453. The van der Waals surface area contributed by atoms with E-state index in [9.17, 15) is 19.8 Å². The van der Waals surface area contributed by atoms with Crippen LogP contribution in [0.2, 0.25) is 0 Å². The van der Waals surface area contributed by atoms with Crippen LogP contribution in [-0.4, -0.2) is 45.2 Å². The number of hydrogen-bond donors (Lipinski definition) is 2. The molecular formula is C31H33NO6. The van der Waals surface area contributed by atoms with Gasteiger partial charge in [0.25, 0.3) is 5.91 Å². The zero-order valence-corrected chi connectivity index (χ0v) is 21.2. The molecule has 0 spiro atoms. The third-order valence-electron chi connectivity index (χ3n) is 7.45. The normalized spacial score (nSPS) is 21.8. The molecule has 198 valence electrons. The minimum Gasteiger partial charge on any atom is -0.489 e. The summed E-state index contributed by atoms with van der Waals surface area (Å²) >= 11 is 0. The largest absolute Gasteiger partial charge is 0.489 e. The van der Waals surface area contributed by atoms with Gasteiger partial charge in [-0.2, -0.15) is 0 Å². The van der Waals surface area contributed by atoms with Crippen LogP contribution in [0.4, 0.5) is 0 Å². The third-order valence-corrected chi connectivity index (χ3v) is 7.45. The van der Waals surface area contributed by atoms with Gasteiger partial charge >= 0.3 is 5.97 Å². The molecule has 1 aliphatic heterocycles. The molecule has 0 radical (unpaired) electrons. The van der Waals surface area contributed by atoms with E-state index in [0.29, 0.717) is 43.6 Å². The van der Waals surface area contributed by atoms with Gasteiger partial charge in [0, 0.05) is 18.5 Å². The molecule has 2 aliphatic rings. The molecule has 0 bridgehead atoms. The zero-order chi connectivity index (χ0) is 26.5. The lowest BCUT2D eigenvalue weighted by Crippen LogP contribution is -2.51. The highest BCUT2D eigenvalue weighted by Gasteiger charge is 2.40. The zero-order valence-electron chi connectivity index (χ0n) is 21.2. The van der Waals surface area contributed by atoms with Crippen LogP contribution in [0.25, 0.3) is 0 Å². The van der Waals surface area contributed by atoms with Crippen LogP contribution in [0.15, 0.2) is 78.9 Å². The van der Waals surface area contributed by atoms with Crippen LogP contribution >= 0.6 is 0 Å². The summed E-state index contributed by atoms with van der Waals surface area (Å²) in [5, 5.41) is 20.1. The van der Waals surface area contributed by atoms with Crippen LogP contribution in [0.3, 0.4) is 0 Å². The van der Waals surface area contributed by atoms with Crippen LogP contribution in [0.1, 0.15) is 54.0 Å². The first-order valence-electron chi connectivity index (χ1n) is 13.2.